The van der Waals surface area contributed by atoms with E-state index in [-0.39, 0.29) is 0 Å². The molecule has 0 aliphatic heterocycles. The summed E-state index contributed by atoms with van der Waals surface area (Å²) in [6.07, 6.45) is 0. The molecule has 12 heavy (non-hydrogen) atoms. The molecule has 0 aliphatic rings. The maximum absolute atomic E-state index is 5.18. The first-order chi connectivity index (χ1) is 5.54. The average Bonchev–Trinajstić information content (AvgIpc) is 2.03. The summed E-state index contributed by atoms with van der Waals surface area (Å²) >= 11 is -1.86. The van der Waals surface area contributed by atoms with Crippen LogP contribution in [0, 0.1) is 0 Å². The second kappa shape index (κ2) is 3.69. The van der Waals surface area contributed by atoms with Crippen molar-refractivity contribution < 1.29 is 4.74 Å². The van der Waals surface area contributed by atoms with Crippen molar-refractivity contribution in [3.63, 3.8) is 0 Å². The van der Waals surface area contributed by atoms with E-state index in [4.69, 9.17) is 4.74 Å². The SMILES string of the molecule is COc1ccc[c]([Sn]([CH3])([CH3])[CH3])c1. The molecular formula is C10H16OSn. The third kappa shape index (κ3) is 2.40. The van der Waals surface area contributed by atoms with E-state index in [1.807, 2.05) is 6.07 Å². The monoisotopic (exact) mass is 272 g/mol. The van der Waals surface area contributed by atoms with Crippen molar-refractivity contribution in [2.45, 2.75) is 14.8 Å². The summed E-state index contributed by atoms with van der Waals surface area (Å²) in [5.74, 6) is 0.985. The topological polar surface area (TPSA) is 9.23 Å². The molecule has 0 saturated heterocycles. The van der Waals surface area contributed by atoms with Crippen LogP contribution < -0.4 is 8.32 Å². The molecule has 0 radical (unpaired) electrons. The molecule has 66 valence electrons. The molecule has 0 fully saturated rings. The summed E-state index contributed by atoms with van der Waals surface area (Å²) in [5, 5.41) is 0. The first kappa shape index (κ1) is 9.90. The van der Waals surface area contributed by atoms with E-state index >= 15 is 0 Å². The molecule has 0 amide bonds. The molecule has 0 atom stereocenters. The molecule has 0 aliphatic carbocycles. The van der Waals surface area contributed by atoms with Crippen molar-refractivity contribution in [1.82, 2.24) is 0 Å². The van der Waals surface area contributed by atoms with Gasteiger partial charge in [-0.15, -0.1) is 0 Å². The molecule has 0 N–H and O–H groups in total. The predicted molar refractivity (Wildman–Crippen MR) is 56.0 cm³/mol. The summed E-state index contributed by atoms with van der Waals surface area (Å²) in [6.45, 7) is 0. The van der Waals surface area contributed by atoms with Crippen LogP contribution >= 0.6 is 0 Å². The fourth-order valence-electron chi connectivity index (χ4n) is 1.09. The zero-order valence-electron chi connectivity index (χ0n) is 8.22. The third-order valence-corrected chi connectivity index (χ3v) is 7.77. The first-order valence-corrected chi connectivity index (χ1v) is 14.2. The van der Waals surface area contributed by atoms with E-state index in [2.05, 4.69) is 33.0 Å². The normalized spacial score (nSPS) is 11.3. The minimum atomic E-state index is -1.86. The quantitative estimate of drug-likeness (QED) is 0.749. The van der Waals surface area contributed by atoms with Gasteiger partial charge in [0.05, 0.1) is 0 Å². The van der Waals surface area contributed by atoms with Gasteiger partial charge in [0.15, 0.2) is 0 Å². The van der Waals surface area contributed by atoms with Gasteiger partial charge >= 0.3 is 78.6 Å². The Morgan fingerprint density at radius 3 is 2.33 bits per heavy atom. The number of hydrogen-bond donors (Lipinski definition) is 0. The third-order valence-electron chi connectivity index (χ3n) is 1.94. The molecule has 0 bridgehead atoms. The fourth-order valence-corrected chi connectivity index (χ4v) is 4.43. The van der Waals surface area contributed by atoms with Gasteiger partial charge in [0, 0.05) is 0 Å². The van der Waals surface area contributed by atoms with Crippen LogP contribution in [0.15, 0.2) is 24.3 Å². The Morgan fingerprint density at radius 1 is 1.17 bits per heavy atom. The van der Waals surface area contributed by atoms with E-state index in [1.165, 1.54) is 3.58 Å². The molecule has 1 nitrogen and oxygen atoms in total. The summed E-state index contributed by atoms with van der Waals surface area (Å²) in [7, 11) is 1.72. The van der Waals surface area contributed by atoms with Crippen molar-refractivity contribution in [3.05, 3.63) is 24.3 Å². The molecule has 2 heteroatoms. The van der Waals surface area contributed by atoms with E-state index in [0.717, 1.165) is 5.75 Å². The number of methoxy groups -OCH3 is 1. The Kier molecular flexibility index (Phi) is 3.04. The minimum absolute atomic E-state index is 0.985. The molecule has 1 rings (SSSR count). The van der Waals surface area contributed by atoms with Crippen molar-refractivity contribution in [3.8, 4) is 5.75 Å². The standard InChI is InChI=1S/C7H7O.3CH3.Sn/c1-8-7-5-3-2-4-6-7;;;;/h2-3,5-6H,1H3;3*1H3;. The van der Waals surface area contributed by atoms with Crippen LogP contribution in [0.1, 0.15) is 0 Å². The number of benzene rings is 1. The van der Waals surface area contributed by atoms with Gasteiger partial charge in [-0.25, -0.2) is 0 Å². The van der Waals surface area contributed by atoms with E-state index < -0.39 is 18.4 Å². The molecule has 0 heterocycles. The van der Waals surface area contributed by atoms with Crippen molar-refractivity contribution >= 4 is 22.0 Å². The van der Waals surface area contributed by atoms with Crippen LogP contribution in [0.4, 0.5) is 0 Å². The Bertz CT molecular complexity index is 263. The summed E-state index contributed by atoms with van der Waals surface area (Å²) in [5.41, 5.74) is 0. The Hall–Kier alpha value is -0.181. The van der Waals surface area contributed by atoms with E-state index in [1.54, 1.807) is 7.11 Å². The summed E-state index contributed by atoms with van der Waals surface area (Å²) in [6, 6.07) is 8.48. The van der Waals surface area contributed by atoms with Gasteiger partial charge in [-0.2, -0.15) is 0 Å². The fraction of sp³-hybridized carbons (Fsp3) is 0.400. The maximum atomic E-state index is 5.18. The van der Waals surface area contributed by atoms with Crippen LogP contribution in [0.3, 0.4) is 0 Å². The first-order valence-electron chi connectivity index (χ1n) is 4.18. The van der Waals surface area contributed by atoms with Gasteiger partial charge in [0.1, 0.15) is 0 Å². The Morgan fingerprint density at radius 2 is 1.83 bits per heavy atom. The molecule has 1 aromatic carbocycles. The summed E-state index contributed by atoms with van der Waals surface area (Å²) in [4.78, 5) is 7.22. The molecule has 1 aromatic rings. The second-order valence-corrected chi connectivity index (χ2v) is 18.5. The van der Waals surface area contributed by atoms with Gasteiger partial charge < -0.3 is 0 Å². The average molecular weight is 271 g/mol. The molecule has 0 saturated carbocycles. The number of ether oxygens (including phenoxy) is 1. The zero-order valence-corrected chi connectivity index (χ0v) is 11.1. The van der Waals surface area contributed by atoms with Crippen LogP contribution in [-0.2, 0) is 0 Å². The van der Waals surface area contributed by atoms with Gasteiger partial charge in [0.25, 0.3) is 0 Å². The predicted octanol–water partition coefficient (Wildman–Crippen LogP) is 2.24. The summed E-state index contributed by atoms with van der Waals surface area (Å²) < 4.78 is 6.70. The van der Waals surface area contributed by atoms with Crippen molar-refractivity contribution in [2.24, 2.45) is 0 Å². The number of hydrogen-bond acceptors (Lipinski definition) is 1. The zero-order chi connectivity index (χ0) is 9.19. The van der Waals surface area contributed by atoms with Crippen molar-refractivity contribution in [1.29, 1.82) is 0 Å². The van der Waals surface area contributed by atoms with Crippen LogP contribution in [0.2, 0.25) is 14.8 Å². The Labute approximate surface area is 78.6 Å². The molecule has 0 unspecified atom stereocenters. The van der Waals surface area contributed by atoms with Gasteiger partial charge in [-0.05, 0) is 0 Å². The number of rotatable bonds is 2. The van der Waals surface area contributed by atoms with Gasteiger partial charge in [-0.3, -0.25) is 0 Å². The van der Waals surface area contributed by atoms with Crippen LogP contribution in [-0.4, -0.2) is 25.5 Å². The molecular weight excluding hydrogens is 255 g/mol. The van der Waals surface area contributed by atoms with Crippen LogP contribution in [0.5, 0.6) is 5.75 Å². The van der Waals surface area contributed by atoms with Gasteiger partial charge in [0.2, 0.25) is 0 Å². The second-order valence-electron chi connectivity index (χ2n) is 3.98. The van der Waals surface area contributed by atoms with E-state index in [0.29, 0.717) is 0 Å². The van der Waals surface area contributed by atoms with Crippen molar-refractivity contribution in [2.75, 3.05) is 7.11 Å². The molecule has 0 aromatic heterocycles. The van der Waals surface area contributed by atoms with Crippen LogP contribution in [0.25, 0.3) is 0 Å². The Balaban J connectivity index is 3.02. The van der Waals surface area contributed by atoms with Gasteiger partial charge in [-0.1, -0.05) is 0 Å². The van der Waals surface area contributed by atoms with E-state index in [9.17, 15) is 0 Å². The molecule has 0 spiro atoms.